The molecule has 1 rings (SSSR count). The Hall–Kier alpha value is -1.67. The van der Waals surface area contributed by atoms with Crippen LogP contribution in [0, 0.1) is 0 Å². The number of carbonyl (C=O) groups is 1. The lowest BCUT2D eigenvalue weighted by atomic mass is 10.2. The normalized spacial score (nSPS) is 13.4. The van der Waals surface area contributed by atoms with Crippen molar-refractivity contribution in [1.82, 2.24) is 0 Å². The van der Waals surface area contributed by atoms with Gasteiger partial charge in [0.2, 0.25) is 0 Å². The minimum atomic E-state index is -0.988. The van der Waals surface area contributed by atoms with E-state index in [4.69, 9.17) is 19.3 Å². The van der Waals surface area contributed by atoms with Gasteiger partial charge in [-0.2, -0.15) is 0 Å². The van der Waals surface area contributed by atoms with Crippen LogP contribution in [0.3, 0.4) is 0 Å². The van der Waals surface area contributed by atoms with E-state index < -0.39 is 18.8 Å². The zero-order chi connectivity index (χ0) is 17.1. The van der Waals surface area contributed by atoms with E-state index in [2.05, 4.69) is 0 Å². The summed E-state index contributed by atoms with van der Waals surface area (Å²) < 4.78 is 15.7. The molecule has 1 aromatic rings. The van der Waals surface area contributed by atoms with Gasteiger partial charge in [-0.3, -0.25) is 0 Å². The molecule has 23 heavy (non-hydrogen) atoms. The molecule has 0 spiro atoms. The first kappa shape index (κ1) is 19.4. The monoisotopic (exact) mass is 328 g/mol. The van der Waals surface area contributed by atoms with Crippen molar-refractivity contribution < 1.29 is 34.3 Å². The van der Waals surface area contributed by atoms with Crippen LogP contribution < -0.4 is 4.74 Å². The second-order valence-corrected chi connectivity index (χ2v) is 4.95. The molecule has 0 radical (unpaired) electrons. The van der Waals surface area contributed by atoms with Crippen molar-refractivity contribution in [3.63, 3.8) is 0 Å². The Kier molecular flexibility index (Phi) is 9.23. The second kappa shape index (κ2) is 11.0. The lowest BCUT2D eigenvalue weighted by Crippen LogP contribution is -2.30. The summed E-state index contributed by atoms with van der Waals surface area (Å²) in [5, 5.41) is 27.1. The minimum absolute atomic E-state index is 0.0777. The maximum absolute atomic E-state index is 11.6. The van der Waals surface area contributed by atoms with Crippen LogP contribution in [0.5, 0.6) is 5.75 Å². The van der Waals surface area contributed by atoms with Gasteiger partial charge in [-0.1, -0.05) is 6.92 Å². The summed E-state index contributed by atoms with van der Waals surface area (Å²) in [4.78, 5) is 11.6. The van der Waals surface area contributed by atoms with E-state index in [-0.39, 0.29) is 25.8 Å². The molecule has 0 saturated carbocycles. The van der Waals surface area contributed by atoms with Gasteiger partial charge >= 0.3 is 5.97 Å². The number of ether oxygens (including phenoxy) is 3. The van der Waals surface area contributed by atoms with E-state index in [9.17, 15) is 15.0 Å². The second-order valence-electron chi connectivity index (χ2n) is 4.95. The first-order valence-electron chi connectivity index (χ1n) is 7.52. The topological polar surface area (TPSA) is 105 Å². The Labute approximate surface area is 135 Å². The fourth-order valence-electron chi connectivity index (χ4n) is 1.61. The molecule has 3 N–H and O–H groups in total. The molecule has 1 aromatic carbocycles. The standard InChI is InChI=1S/C16H24O7/c1-2-7-21-16(20)12-3-5-14(6-4-12)23-11-15(9-18)22-10-13(19)8-17/h3-6,13,15,17-19H,2,7-11H2,1H3. The van der Waals surface area contributed by atoms with E-state index >= 15 is 0 Å². The zero-order valence-corrected chi connectivity index (χ0v) is 13.2. The van der Waals surface area contributed by atoms with Crippen molar-refractivity contribution in [3.8, 4) is 5.75 Å². The predicted molar refractivity (Wildman–Crippen MR) is 82.4 cm³/mol. The van der Waals surface area contributed by atoms with Crippen molar-refractivity contribution in [2.24, 2.45) is 0 Å². The summed E-state index contributed by atoms with van der Waals surface area (Å²) >= 11 is 0. The number of carbonyl (C=O) groups excluding carboxylic acids is 1. The van der Waals surface area contributed by atoms with Gasteiger partial charge in [0.1, 0.15) is 24.6 Å². The van der Waals surface area contributed by atoms with E-state index in [1.807, 2.05) is 6.92 Å². The maximum Gasteiger partial charge on any atom is 0.338 e. The molecule has 0 saturated heterocycles. The third-order valence-electron chi connectivity index (χ3n) is 2.90. The Morgan fingerprint density at radius 3 is 2.39 bits per heavy atom. The number of hydrogen-bond acceptors (Lipinski definition) is 7. The number of rotatable bonds is 11. The van der Waals surface area contributed by atoms with Crippen molar-refractivity contribution in [2.45, 2.75) is 25.6 Å². The van der Waals surface area contributed by atoms with E-state index in [0.717, 1.165) is 6.42 Å². The number of hydrogen-bond donors (Lipinski definition) is 3. The Bertz CT molecular complexity index is 446. The van der Waals surface area contributed by atoms with Crippen molar-refractivity contribution in [3.05, 3.63) is 29.8 Å². The van der Waals surface area contributed by atoms with Crippen LogP contribution in [-0.4, -0.2) is 66.5 Å². The summed E-state index contributed by atoms with van der Waals surface area (Å²) in [6.45, 7) is 1.60. The minimum Gasteiger partial charge on any atom is -0.491 e. The smallest absolute Gasteiger partial charge is 0.338 e. The van der Waals surface area contributed by atoms with Gasteiger partial charge < -0.3 is 29.5 Å². The van der Waals surface area contributed by atoms with Crippen molar-refractivity contribution in [2.75, 3.05) is 33.0 Å². The van der Waals surface area contributed by atoms with Gasteiger partial charge in [0, 0.05) is 0 Å². The van der Waals surface area contributed by atoms with Crippen LogP contribution in [-0.2, 0) is 9.47 Å². The molecule has 7 nitrogen and oxygen atoms in total. The highest BCUT2D eigenvalue weighted by Gasteiger charge is 2.12. The van der Waals surface area contributed by atoms with Crippen LogP contribution >= 0.6 is 0 Å². The Morgan fingerprint density at radius 1 is 1.13 bits per heavy atom. The third-order valence-corrected chi connectivity index (χ3v) is 2.90. The molecule has 0 aliphatic heterocycles. The van der Waals surface area contributed by atoms with Crippen LogP contribution in [0.15, 0.2) is 24.3 Å². The highest BCUT2D eigenvalue weighted by atomic mass is 16.5. The summed E-state index contributed by atoms with van der Waals surface area (Å²) in [6, 6.07) is 6.44. The predicted octanol–water partition coefficient (Wildman–Crippen LogP) is 0.363. The fourth-order valence-corrected chi connectivity index (χ4v) is 1.61. The molecule has 130 valence electrons. The Morgan fingerprint density at radius 2 is 1.83 bits per heavy atom. The van der Waals surface area contributed by atoms with Gasteiger partial charge in [-0.25, -0.2) is 4.79 Å². The molecule has 0 aliphatic carbocycles. The van der Waals surface area contributed by atoms with E-state index in [1.54, 1.807) is 24.3 Å². The number of benzene rings is 1. The zero-order valence-electron chi connectivity index (χ0n) is 13.2. The highest BCUT2D eigenvalue weighted by molar-refractivity contribution is 5.89. The maximum atomic E-state index is 11.6. The molecule has 0 aliphatic rings. The van der Waals surface area contributed by atoms with Gasteiger partial charge in [-0.15, -0.1) is 0 Å². The van der Waals surface area contributed by atoms with Gasteiger partial charge in [0.05, 0.1) is 32.0 Å². The van der Waals surface area contributed by atoms with Gasteiger partial charge in [-0.05, 0) is 30.7 Å². The van der Waals surface area contributed by atoms with Gasteiger partial charge in [0.15, 0.2) is 0 Å². The summed E-state index contributed by atoms with van der Waals surface area (Å²) in [6.07, 6.45) is -0.844. The summed E-state index contributed by atoms with van der Waals surface area (Å²) in [5.41, 5.74) is 0.437. The molecule has 2 atom stereocenters. The molecule has 0 fully saturated rings. The summed E-state index contributed by atoms with van der Waals surface area (Å²) in [5.74, 6) is 0.134. The molecule has 0 heterocycles. The number of aliphatic hydroxyl groups is 3. The van der Waals surface area contributed by atoms with Crippen LogP contribution in [0.4, 0.5) is 0 Å². The number of aliphatic hydroxyl groups excluding tert-OH is 3. The SMILES string of the molecule is CCCOC(=O)c1ccc(OCC(CO)OCC(O)CO)cc1. The average molecular weight is 328 g/mol. The molecular weight excluding hydrogens is 304 g/mol. The van der Waals surface area contributed by atoms with Crippen LogP contribution in [0.1, 0.15) is 23.7 Å². The first-order chi connectivity index (χ1) is 11.1. The van der Waals surface area contributed by atoms with Crippen molar-refractivity contribution in [1.29, 1.82) is 0 Å². The quantitative estimate of drug-likeness (QED) is 0.504. The molecular formula is C16H24O7. The third kappa shape index (κ3) is 7.43. The van der Waals surface area contributed by atoms with E-state index in [1.165, 1.54) is 0 Å². The summed E-state index contributed by atoms with van der Waals surface area (Å²) in [7, 11) is 0. The largest absolute Gasteiger partial charge is 0.491 e. The highest BCUT2D eigenvalue weighted by Crippen LogP contribution is 2.14. The molecule has 0 bridgehead atoms. The first-order valence-corrected chi connectivity index (χ1v) is 7.52. The molecule has 0 amide bonds. The molecule has 0 aromatic heterocycles. The van der Waals surface area contributed by atoms with Crippen LogP contribution in [0.2, 0.25) is 0 Å². The number of esters is 1. The lowest BCUT2D eigenvalue weighted by Gasteiger charge is -2.18. The molecule has 2 unspecified atom stereocenters. The van der Waals surface area contributed by atoms with E-state index in [0.29, 0.717) is 17.9 Å². The average Bonchev–Trinajstić information content (AvgIpc) is 2.59. The van der Waals surface area contributed by atoms with Crippen molar-refractivity contribution >= 4 is 5.97 Å². The van der Waals surface area contributed by atoms with Crippen LogP contribution in [0.25, 0.3) is 0 Å². The Balaban J connectivity index is 2.43. The lowest BCUT2D eigenvalue weighted by molar-refractivity contribution is -0.0599. The fraction of sp³-hybridized carbons (Fsp3) is 0.562. The molecule has 7 heteroatoms. The van der Waals surface area contributed by atoms with Gasteiger partial charge in [0.25, 0.3) is 0 Å².